The van der Waals surface area contributed by atoms with E-state index < -0.39 is 0 Å². The fourth-order valence-electron chi connectivity index (χ4n) is 4.11. The van der Waals surface area contributed by atoms with Crippen molar-refractivity contribution in [3.8, 4) is 11.1 Å². The number of likely N-dealkylation sites (tertiary alicyclic amines) is 1. The Bertz CT molecular complexity index is 1050. The molecule has 2 N–H and O–H groups in total. The molecule has 1 fully saturated rings. The van der Waals surface area contributed by atoms with Crippen LogP contribution in [0.15, 0.2) is 36.4 Å². The average Bonchev–Trinajstić information content (AvgIpc) is 3.12. The highest BCUT2D eigenvalue weighted by atomic mass is 35.5. The number of rotatable bonds is 5. The number of benzene rings is 2. The van der Waals surface area contributed by atoms with Crippen LogP contribution < -0.4 is 5.32 Å². The molecule has 0 radical (unpaired) electrons. The van der Waals surface area contributed by atoms with Crippen LogP contribution in [-0.4, -0.2) is 42.5 Å². The average molecular weight is 465 g/mol. The van der Waals surface area contributed by atoms with Crippen LogP contribution in [0, 0.1) is 5.92 Å². The smallest absolute Gasteiger partial charge is 0.267 e. The molecular weight excluding hydrogens is 441 g/mol. The van der Waals surface area contributed by atoms with Crippen LogP contribution in [0.2, 0.25) is 15.1 Å². The number of H-pyrrole nitrogens is 1. The van der Waals surface area contributed by atoms with E-state index in [-0.39, 0.29) is 5.91 Å². The van der Waals surface area contributed by atoms with Gasteiger partial charge in [0.1, 0.15) is 5.69 Å². The van der Waals surface area contributed by atoms with Crippen LogP contribution in [0.5, 0.6) is 0 Å². The van der Waals surface area contributed by atoms with E-state index in [0.29, 0.717) is 33.2 Å². The zero-order valence-corrected chi connectivity index (χ0v) is 19.0. The van der Waals surface area contributed by atoms with Gasteiger partial charge in [-0.1, -0.05) is 34.8 Å². The lowest BCUT2D eigenvalue weighted by Gasteiger charge is -2.28. The molecule has 3 aromatic rings. The molecule has 30 heavy (non-hydrogen) atoms. The molecule has 4 rings (SSSR count). The van der Waals surface area contributed by atoms with Gasteiger partial charge in [0.05, 0.1) is 0 Å². The van der Waals surface area contributed by atoms with Gasteiger partial charge in [0.2, 0.25) is 0 Å². The summed E-state index contributed by atoms with van der Waals surface area (Å²) in [7, 11) is 2.16. The first-order chi connectivity index (χ1) is 14.4. The van der Waals surface area contributed by atoms with Gasteiger partial charge in [-0.25, -0.2) is 0 Å². The van der Waals surface area contributed by atoms with Gasteiger partial charge in [0.25, 0.3) is 5.91 Å². The largest absolute Gasteiger partial charge is 0.351 e. The molecule has 4 nitrogen and oxygen atoms in total. The monoisotopic (exact) mass is 463 g/mol. The van der Waals surface area contributed by atoms with Crippen molar-refractivity contribution in [1.29, 1.82) is 0 Å². The number of nitrogens with zero attached hydrogens (tertiary/aromatic N) is 1. The van der Waals surface area contributed by atoms with Gasteiger partial charge in [0, 0.05) is 32.5 Å². The van der Waals surface area contributed by atoms with Crippen LogP contribution in [-0.2, 0) is 0 Å². The van der Waals surface area contributed by atoms with Gasteiger partial charge in [-0.15, -0.1) is 0 Å². The van der Waals surface area contributed by atoms with Crippen molar-refractivity contribution in [3.63, 3.8) is 0 Å². The zero-order chi connectivity index (χ0) is 21.3. The summed E-state index contributed by atoms with van der Waals surface area (Å²) >= 11 is 18.7. The summed E-state index contributed by atoms with van der Waals surface area (Å²) in [6.07, 6.45) is 3.41. The van der Waals surface area contributed by atoms with Crippen LogP contribution in [0.3, 0.4) is 0 Å². The number of amides is 1. The molecule has 1 aliphatic heterocycles. The van der Waals surface area contributed by atoms with Crippen LogP contribution in [0.25, 0.3) is 22.0 Å². The Hall–Kier alpha value is -1.72. The van der Waals surface area contributed by atoms with E-state index in [0.717, 1.165) is 41.5 Å². The molecule has 0 saturated carbocycles. The third-order valence-corrected chi connectivity index (χ3v) is 6.45. The van der Waals surface area contributed by atoms with Crippen LogP contribution in [0.4, 0.5) is 0 Å². The van der Waals surface area contributed by atoms with E-state index in [4.69, 9.17) is 34.8 Å². The third-order valence-electron chi connectivity index (χ3n) is 5.80. The molecule has 7 heteroatoms. The van der Waals surface area contributed by atoms with E-state index in [1.807, 2.05) is 30.3 Å². The highest BCUT2D eigenvalue weighted by Crippen LogP contribution is 2.35. The standard InChI is InChI=1S/C23H24Cl3N3O/c1-29-6-3-14(4-7-29)2-5-27-23(30)22-13-20-19(11-18(26)12-21(20)28-22)15-8-16(24)10-17(25)9-15/h8-14,28H,2-7H2,1H3,(H,27,30). The summed E-state index contributed by atoms with van der Waals surface area (Å²) in [6.45, 7) is 2.95. The summed E-state index contributed by atoms with van der Waals surface area (Å²) in [4.78, 5) is 18.3. The maximum atomic E-state index is 12.7. The van der Waals surface area contributed by atoms with Crippen molar-refractivity contribution < 1.29 is 4.79 Å². The number of hydrogen-bond acceptors (Lipinski definition) is 2. The normalized spacial score (nSPS) is 15.6. The lowest BCUT2D eigenvalue weighted by molar-refractivity contribution is 0.0945. The number of nitrogens with one attached hydrogen (secondary N) is 2. The van der Waals surface area contributed by atoms with Crippen molar-refractivity contribution in [3.05, 3.63) is 57.2 Å². The highest BCUT2D eigenvalue weighted by molar-refractivity contribution is 6.35. The van der Waals surface area contributed by atoms with Gasteiger partial charge in [-0.05, 0) is 92.8 Å². The number of hydrogen-bond donors (Lipinski definition) is 2. The van der Waals surface area contributed by atoms with E-state index in [1.54, 1.807) is 6.07 Å². The highest BCUT2D eigenvalue weighted by Gasteiger charge is 2.18. The van der Waals surface area contributed by atoms with Crippen molar-refractivity contribution in [2.45, 2.75) is 19.3 Å². The van der Waals surface area contributed by atoms with Gasteiger partial charge in [-0.2, -0.15) is 0 Å². The van der Waals surface area contributed by atoms with Crippen molar-refractivity contribution >= 4 is 51.6 Å². The lowest BCUT2D eigenvalue weighted by Crippen LogP contribution is -2.32. The number of carbonyl (C=O) groups is 1. The second kappa shape index (κ2) is 9.19. The predicted molar refractivity (Wildman–Crippen MR) is 126 cm³/mol. The SMILES string of the molecule is CN1CCC(CCNC(=O)c2cc3c(-c4cc(Cl)cc(Cl)c4)cc(Cl)cc3[nH]2)CC1. The lowest BCUT2D eigenvalue weighted by atomic mass is 9.94. The van der Waals surface area contributed by atoms with Crippen molar-refractivity contribution in [1.82, 2.24) is 15.2 Å². The zero-order valence-electron chi connectivity index (χ0n) is 16.8. The molecule has 1 aromatic heterocycles. The molecular formula is C23H24Cl3N3O. The van der Waals surface area contributed by atoms with Gasteiger partial charge in [0.15, 0.2) is 0 Å². The van der Waals surface area contributed by atoms with Crippen LogP contribution >= 0.6 is 34.8 Å². The fraction of sp³-hybridized carbons (Fsp3) is 0.348. The molecule has 1 saturated heterocycles. The van der Waals surface area contributed by atoms with Crippen molar-refractivity contribution in [2.24, 2.45) is 5.92 Å². The first-order valence-electron chi connectivity index (χ1n) is 10.1. The Labute approximate surface area is 191 Å². The maximum absolute atomic E-state index is 12.7. The first kappa shape index (κ1) is 21.5. The number of aromatic nitrogens is 1. The Morgan fingerprint density at radius 2 is 1.70 bits per heavy atom. The van der Waals surface area contributed by atoms with E-state index in [9.17, 15) is 4.79 Å². The Morgan fingerprint density at radius 1 is 1.03 bits per heavy atom. The van der Waals surface area contributed by atoms with E-state index in [1.165, 1.54) is 12.8 Å². The Morgan fingerprint density at radius 3 is 2.40 bits per heavy atom. The van der Waals surface area contributed by atoms with E-state index in [2.05, 4.69) is 22.2 Å². The maximum Gasteiger partial charge on any atom is 0.267 e. The van der Waals surface area contributed by atoms with Gasteiger partial charge in [-0.3, -0.25) is 4.79 Å². The molecule has 0 spiro atoms. The second-order valence-electron chi connectivity index (χ2n) is 8.05. The molecule has 2 heterocycles. The number of fused-ring (bicyclic) bond motifs is 1. The summed E-state index contributed by atoms with van der Waals surface area (Å²) < 4.78 is 0. The Kier molecular flexibility index (Phi) is 6.59. The number of piperidine rings is 1. The third kappa shape index (κ3) is 4.94. The molecule has 0 aliphatic carbocycles. The quantitative estimate of drug-likeness (QED) is 0.468. The van der Waals surface area contributed by atoms with Crippen LogP contribution in [0.1, 0.15) is 29.8 Å². The minimum Gasteiger partial charge on any atom is -0.351 e. The summed E-state index contributed by atoms with van der Waals surface area (Å²) in [6, 6.07) is 10.9. The molecule has 158 valence electrons. The minimum atomic E-state index is -0.106. The van der Waals surface area contributed by atoms with Gasteiger partial charge < -0.3 is 15.2 Å². The molecule has 2 aromatic carbocycles. The predicted octanol–water partition coefficient (Wildman–Crippen LogP) is 6.26. The van der Waals surface area contributed by atoms with E-state index >= 15 is 0 Å². The number of carbonyl (C=O) groups excluding carboxylic acids is 1. The van der Waals surface area contributed by atoms with Gasteiger partial charge >= 0.3 is 0 Å². The summed E-state index contributed by atoms with van der Waals surface area (Å²) in [5, 5.41) is 5.62. The van der Waals surface area contributed by atoms with Crippen molar-refractivity contribution in [2.75, 3.05) is 26.7 Å². The molecule has 0 bridgehead atoms. The molecule has 0 atom stereocenters. The number of halogens is 3. The second-order valence-corrected chi connectivity index (χ2v) is 9.36. The topological polar surface area (TPSA) is 48.1 Å². The Balaban J connectivity index is 1.52. The molecule has 1 aliphatic rings. The molecule has 1 amide bonds. The molecule has 0 unspecified atom stereocenters. The fourth-order valence-corrected chi connectivity index (χ4v) is 4.85. The summed E-state index contributed by atoms with van der Waals surface area (Å²) in [5.41, 5.74) is 3.05. The first-order valence-corrected chi connectivity index (χ1v) is 11.3. The summed E-state index contributed by atoms with van der Waals surface area (Å²) in [5.74, 6) is 0.576. The number of aromatic amines is 1. The minimum absolute atomic E-state index is 0.106.